The van der Waals surface area contributed by atoms with Gasteiger partial charge in [-0.1, -0.05) is 24.6 Å². The molecule has 0 spiro atoms. The first-order chi connectivity index (χ1) is 9.13. The lowest BCUT2D eigenvalue weighted by molar-refractivity contribution is 0.102. The van der Waals surface area contributed by atoms with Gasteiger partial charge in [-0.3, -0.25) is 0 Å². The molecule has 3 N–H and O–H groups in total. The summed E-state index contributed by atoms with van der Waals surface area (Å²) >= 11 is 3.42. The third kappa shape index (κ3) is 3.21. The number of hydrogen-bond donors (Lipinski definition) is 2. The SMILES string of the molecule is CC1CCCCC1Oc1cccc(Br)c1/C(N)=N/O. The third-order valence-corrected chi connectivity index (χ3v) is 4.31. The Hall–Kier alpha value is -1.23. The predicted octanol–water partition coefficient (Wildman–Crippen LogP) is 3.50. The molecule has 0 heterocycles. The van der Waals surface area contributed by atoms with Gasteiger partial charge in [-0.25, -0.2) is 0 Å². The molecule has 1 fully saturated rings. The molecule has 2 unspecified atom stereocenters. The maximum absolute atomic E-state index is 8.88. The lowest BCUT2D eigenvalue weighted by Crippen LogP contribution is -2.29. The van der Waals surface area contributed by atoms with E-state index in [0.717, 1.165) is 10.9 Å². The summed E-state index contributed by atoms with van der Waals surface area (Å²) in [7, 11) is 0. The van der Waals surface area contributed by atoms with E-state index in [1.807, 2.05) is 18.2 Å². The predicted molar refractivity (Wildman–Crippen MR) is 78.7 cm³/mol. The summed E-state index contributed by atoms with van der Waals surface area (Å²) in [6.45, 7) is 2.21. The number of ether oxygens (including phenoxy) is 1. The fourth-order valence-electron chi connectivity index (χ4n) is 2.52. The van der Waals surface area contributed by atoms with Crippen molar-refractivity contribution < 1.29 is 9.94 Å². The van der Waals surface area contributed by atoms with E-state index < -0.39 is 0 Å². The minimum absolute atomic E-state index is 0.0611. The van der Waals surface area contributed by atoms with E-state index in [-0.39, 0.29) is 11.9 Å². The van der Waals surface area contributed by atoms with E-state index >= 15 is 0 Å². The van der Waals surface area contributed by atoms with E-state index in [1.165, 1.54) is 19.3 Å². The molecule has 0 amide bonds. The third-order valence-electron chi connectivity index (χ3n) is 3.65. The number of amidine groups is 1. The zero-order chi connectivity index (χ0) is 13.8. The van der Waals surface area contributed by atoms with Crippen LogP contribution in [0.25, 0.3) is 0 Å². The second-order valence-electron chi connectivity index (χ2n) is 5.02. The van der Waals surface area contributed by atoms with Crippen molar-refractivity contribution in [1.82, 2.24) is 0 Å². The van der Waals surface area contributed by atoms with Gasteiger partial charge in [0.1, 0.15) is 11.9 Å². The number of rotatable bonds is 3. The fourth-order valence-corrected chi connectivity index (χ4v) is 3.07. The molecule has 2 rings (SSSR count). The molecule has 1 aliphatic carbocycles. The highest BCUT2D eigenvalue weighted by atomic mass is 79.9. The van der Waals surface area contributed by atoms with Crippen molar-refractivity contribution in [3.63, 3.8) is 0 Å². The van der Waals surface area contributed by atoms with Crippen LogP contribution in [0.3, 0.4) is 0 Å². The molecule has 1 aromatic carbocycles. The van der Waals surface area contributed by atoms with Gasteiger partial charge in [0.2, 0.25) is 0 Å². The van der Waals surface area contributed by atoms with Crippen molar-refractivity contribution in [2.45, 2.75) is 38.7 Å². The van der Waals surface area contributed by atoms with Crippen LogP contribution in [0.4, 0.5) is 0 Å². The Morgan fingerprint density at radius 1 is 1.42 bits per heavy atom. The molecule has 4 nitrogen and oxygen atoms in total. The van der Waals surface area contributed by atoms with E-state index in [2.05, 4.69) is 28.0 Å². The van der Waals surface area contributed by atoms with Crippen molar-refractivity contribution in [2.75, 3.05) is 0 Å². The van der Waals surface area contributed by atoms with Crippen LogP contribution in [-0.4, -0.2) is 17.1 Å². The van der Waals surface area contributed by atoms with Gasteiger partial charge in [0.05, 0.1) is 5.56 Å². The number of nitrogens with zero attached hydrogens (tertiary/aromatic N) is 1. The van der Waals surface area contributed by atoms with E-state index in [0.29, 0.717) is 17.2 Å². The van der Waals surface area contributed by atoms with Gasteiger partial charge < -0.3 is 15.7 Å². The van der Waals surface area contributed by atoms with Crippen LogP contribution in [-0.2, 0) is 0 Å². The molecule has 1 aromatic rings. The molecular formula is C14H19BrN2O2. The molecule has 0 saturated heterocycles. The van der Waals surface area contributed by atoms with Gasteiger partial charge in [-0.15, -0.1) is 0 Å². The van der Waals surface area contributed by atoms with Crippen LogP contribution in [0.2, 0.25) is 0 Å². The van der Waals surface area contributed by atoms with Crippen molar-refractivity contribution >= 4 is 21.8 Å². The number of oxime groups is 1. The smallest absolute Gasteiger partial charge is 0.174 e. The van der Waals surface area contributed by atoms with Gasteiger partial charge in [0.25, 0.3) is 0 Å². The van der Waals surface area contributed by atoms with Crippen LogP contribution in [0.1, 0.15) is 38.2 Å². The maximum atomic E-state index is 8.88. The molecule has 0 aromatic heterocycles. The number of hydrogen-bond acceptors (Lipinski definition) is 3. The van der Waals surface area contributed by atoms with Crippen LogP contribution < -0.4 is 10.5 Å². The summed E-state index contributed by atoms with van der Waals surface area (Å²) < 4.78 is 6.87. The summed E-state index contributed by atoms with van der Waals surface area (Å²) in [5.41, 5.74) is 6.34. The first-order valence-electron chi connectivity index (χ1n) is 6.56. The van der Waals surface area contributed by atoms with Gasteiger partial charge in [0, 0.05) is 4.47 Å². The van der Waals surface area contributed by atoms with Crippen LogP contribution in [0, 0.1) is 5.92 Å². The van der Waals surface area contributed by atoms with Gasteiger partial charge in [-0.05, 0) is 53.2 Å². The van der Waals surface area contributed by atoms with E-state index in [1.54, 1.807) is 0 Å². The topological polar surface area (TPSA) is 67.8 Å². The standard InChI is InChI=1S/C14H19BrN2O2/c1-9-5-2-3-7-11(9)19-12-8-4-6-10(15)13(12)14(16)17-18/h4,6,8-9,11,18H,2-3,5,7H2,1H3,(H2,16,17). The molecule has 2 atom stereocenters. The monoisotopic (exact) mass is 326 g/mol. The van der Waals surface area contributed by atoms with Crippen molar-refractivity contribution in [1.29, 1.82) is 0 Å². The number of benzene rings is 1. The highest BCUT2D eigenvalue weighted by Crippen LogP contribution is 2.32. The average molecular weight is 327 g/mol. The Morgan fingerprint density at radius 3 is 2.84 bits per heavy atom. The van der Waals surface area contributed by atoms with Crippen LogP contribution in [0.5, 0.6) is 5.75 Å². The lowest BCUT2D eigenvalue weighted by Gasteiger charge is -2.30. The molecule has 5 heteroatoms. The fraction of sp³-hybridized carbons (Fsp3) is 0.500. The maximum Gasteiger partial charge on any atom is 0.174 e. The van der Waals surface area contributed by atoms with Crippen molar-refractivity contribution in [3.05, 3.63) is 28.2 Å². The summed E-state index contributed by atoms with van der Waals surface area (Å²) in [5, 5.41) is 12.0. The number of halogens is 1. The minimum Gasteiger partial charge on any atom is -0.489 e. The van der Waals surface area contributed by atoms with E-state index in [4.69, 9.17) is 15.7 Å². The lowest BCUT2D eigenvalue weighted by atomic mass is 9.88. The molecule has 1 aliphatic rings. The van der Waals surface area contributed by atoms with E-state index in [9.17, 15) is 0 Å². The molecule has 0 aliphatic heterocycles. The van der Waals surface area contributed by atoms with Crippen molar-refractivity contribution in [2.24, 2.45) is 16.8 Å². The Kier molecular flexibility index (Phi) is 4.69. The molecule has 1 saturated carbocycles. The first kappa shape index (κ1) is 14.2. The molecule has 104 valence electrons. The zero-order valence-electron chi connectivity index (χ0n) is 11.0. The van der Waals surface area contributed by atoms with Crippen LogP contribution in [0.15, 0.2) is 27.8 Å². The van der Waals surface area contributed by atoms with Gasteiger partial charge in [0.15, 0.2) is 5.84 Å². The molecule has 0 bridgehead atoms. The minimum atomic E-state index is 0.0611. The normalized spacial score (nSPS) is 24.2. The Balaban J connectivity index is 2.27. The average Bonchev–Trinajstić information content (AvgIpc) is 2.41. The second kappa shape index (κ2) is 6.28. The zero-order valence-corrected chi connectivity index (χ0v) is 12.6. The largest absolute Gasteiger partial charge is 0.489 e. The van der Waals surface area contributed by atoms with Crippen LogP contribution >= 0.6 is 15.9 Å². The molecule has 19 heavy (non-hydrogen) atoms. The highest BCUT2D eigenvalue weighted by molar-refractivity contribution is 9.10. The quantitative estimate of drug-likeness (QED) is 0.386. The summed E-state index contributed by atoms with van der Waals surface area (Å²) in [5.74, 6) is 1.27. The Labute approximate surface area is 121 Å². The van der Waals surface area contributed by atoms with Gasteiger partial charge in [-0.2, -0.15) is 0 Å². The summed E-state index contributed by atoms with van der Waals surface area (Å²) in [6.07, 6.45) is 4.92. The Morgan fingerprint density at radius 2 is 2.16 bits per heavy atom. The summed E-state index contributed by atoms with van der Waals surface area (Å²) in [6, 6.07) is 5.60. The summed E-state index contributed by atoms with van der Waals surface area (Å²) in [4.78, 5) is 0. The Bertz CT molecular complexity index is 477. The highest BCUT2D eigenvalue weighted by Gasteiger charge is 2.24. The molecular weight excluding hydrogens is 308 g/mol. The van der Waals surface area contributed by atoms with Gasteiger partial charge >= 0.3 is 0 Å². The van der Waals surface area contributed by atoms with Crippen molar-refractivity contribution in [3.8, 4) is 5.75 Å². The first-order valence-corrected chi connectivity index (χ1v) is 7.36. The molecule has 0 radical (unpaired) electrons. The number of nitrogens with two attached hydrogens (primary N) is 1. The second-order valence-corrected chi connectivity index (χ2v) is 5.87.